The van der Waals surface area contributed by atoms with E-state index in [9.17, 15) is 14.4 Å². The average Bonchev–Trinajstić information content (AvgIpc) is 2.75. The van der Waals surface area contributed by atoms with E-state index >= 15 is 0 Å². The lowest BCUT2D eigenvalue weighted by atomic mass is 10.0. The van der Waals surface area contributed by atoms with Gasteiger partial charge >= 0.3 is 0 Å². The SMILES string of the molecule is CCCCN=C(N)NC(=O)C1=NC(Cl)=C(N)N(c2ccc(C(=O)CCC(C)=O)cc2)C1N.Cl. The number of guanidine groups is 1. The van der Waals surface area contributed by atoms with Gasteiger partial charge in [0.1, 0.15) is 23.5 Å². The van der Waals surface area contributed by atoms with E-state index in [0.717, 1.165) is 12.8 Å². The van der Waals surface area contributed by atoms with E-state index in [0.29, 0.717) is 17.8 Å². The predicted octanol–water partition coefficient (Wildman–Crippen LogP) is 1.76. The predicted molar refractivity (Wildman–Crippen MR) is 132 cm³/mol. The smallest absolute Gasteiger partial charge is 0.275 e. The van der Waals surface area contributed by atoms with Gasteiger partial charge in [-0.2, -0.15) is 0 Å². The summed E-state index contributed by atoms with van der Waals surface area (Å²) in [5.74, 6) is -0.853. The molecule has 0 aromatic heterocycles. The van der Waals surface area contributed by atoms with Crippen molar-refractivity contribution in [2.45, 2.75) is 45.7 Å². The average molecular weight is 498 g/mol. The van der Waals surface area contributed by atoms with Crippen LogP contribution in [0.1, 0.15) is 49.9 Å². The molecule has 7 N–H and O–H groups in total. The van der Waals surface area contributed by atoms with E-state index in [1.165, 1.54) is 11.8 Å². The minimum Gasteiger partial charge on any atom is -0.382 e. The van der Waals surface area contributed by atoms with Crippen molar-refractivity contribution in [3.63, 3.8) is 0 Å². The number of benzene rings is 1. The van der Waals surface area contributed by atoms with Crippen molar-refractivity contribution in [3.8, 4) is 0 Å². The number of hydrogen-bond donors (Lipinski definition) is 4. The highest BCUT2D eigenvalue weighted by atomic mass is 35.5. The molecule has 0 radical (unpaired) electrons. The van der Waals surface area contributed by atoms with Crippen LogP contribution in [0.15, 0.2) is 45.2 Å². The highest BCUT2D eigenvalue weighted by Gasteiger charge is 2.33. The van der Waals surface area contributed by atoms with Crippen LogP contribution in [0.3, 0.4) is 0 Å². The highest BCUT2D eigenvalue weighted by Crippen LogP contribution is 2.27. The maximum absolute atomic E-state index is 12.6. The number of aliphatic imine (C=N–C) groups is 2. The Labute approximate surface area is 203 Å². The van der Waals surface area contributed by atoms with E-state index in [1.54, 1.807) is 24.3 Å². The monoisotopic (exact) mass is 497 g/mol. The molecule has 0 saturated carbocycles. The van der Waals surface area contributed by atoms with E-state index in [-0.39, 0.29) is 59.5 Å². The van der Waals surface area contributed by atoms with Gasteiger partial charge in [-0.3, -0.25) is 19.9 Å². The Kier molecular flexibility index (Phi) is 11.0. The Morgan fingerprint density at radius 3 is 2.42 bits per heavy atom. The number of carbonyl (C=O) groups is 3. The van der Waals surface area contributed by atoms with Gasteiger partial charge in [0, 0.05) is 30.6 Å². The number of amides is 1. The number of nitrogens with two attached hydrogens (primary N) is 3. The summed E-state index contributed by atoms with van der Waals surface area (Å²) >= 11 is 6.15. The fraction of sp³-hybridized carbons (Fsp3) is 0.381. The third-order valence-electron chi connectivity index (χ3n) is 4.69. The van der Waals surface area contributed by atoms with Gasteiger partial charge in [0.25, 0.3) is 5.91 Å². The maximum atomic E-state index is 12.6. The van der Waals surface area contributed by atoms with Crippen LogP contribution in [0.2, 0.25) is 0 Å². The normalized spacial score (nSPS) is 16.1. The van der Waals surface area contributed by atoms with Crippen LogP contribution in [0.5, 0.6) is 0 Å². The Hall–Kier alpha value is -2.95. The first kappa shape index (κ1) is 28.1. The molecule has 0 fully saturated rings. The molecule has 0 aliphatic carbocycles. The molecule has 180 valence electrons. The van der Waals surface area contributed by atoms with E-state index in [1.807, 2.05) is 6.92 Å². The largest absolute Gasteiger partial charge is 0.382 e. The summed E-state index contributed by atoms with van der Waals surface area (Å²) in [5, 5.41) is 2.34. The molecule has 0 saturated heterocycles. The fourth-order valence-corrected chi connectivity index (χ4v) is 3.09. The van der Waals surface area contributed by atoms with Gasteiger partial charge in [-0.15, -0.1) is 12.4 Å². The van der Waals surface area contributed by atoms with E-state index < -0.39 is 12.1 Å². The molecule has 2 rings (SSSR count). The summed E-state index contributed by atoms with van der Waals surface area (Å²) < 4.78 is 0. The molecule has 33 heavy (non-hydrogen) atoms. The van der Waals surface area contributed by atoms with Crippen LogP contribution in [0, 0.1) is 0 Å². The molecule has 1 unspecified atom stereocenters. The summed E-state index contributed by atoms with van der Waals surface area (Å²) in [4.78, 5) is 45.5. The third-order valence-corrected chi connectivity index (χ3v) is 4.97. The molecule has 0 bridgehead atoms. The Bertz CT molecular complexity index is 975. The van der Waals surface area contributed by atoms with Crippen molar-refractivity contribution < 1.29 is 14.4 Å². The number of rotatable bonds is 9. The van der Waals surface area contributed by atoms with Crippen molar-refractivity contribution >= 4 is 58.8 Å². The molecule has 1 aliphatic rings. The summed E-state index contributed by atoms with van der Waals surface area (Å²) in [6.07, 6.45) is 1.04. The van der Waals surface area contributed by atoms with Gasteiger partial charge in [-0.25, -0.2) is 4.99 Å². The second-order valence-electron chi connectivity index (χ2n) is 7.23. The summed E-state index contributed by atoms with van der Waals surface area (Å²) in [6, 6.07) is 6.43. The summed E-state index contributed by atoms with van der Waals surface area (Å²) in [6.45, 7) is 3.94. The van der Waals surface area contributed by atoms with E-state index in [2.05, 4.69) is 15.3 Å². The van der Waals surface area contributed by atoms with Gasteiger partial charge < -0.3 is 26.9 Å². The Morgan fingerprint density at radius 2 is 1.85 bits per heavy atom. The zero-order valence-corrected chi connectivity index (χ0v) is 20.1. The van der Waals surface area contributed by atoms with Crippen LogP contribution in [-0.4, -0.2) is 41.9 Å². The maximum Gasteiger partial charge on any atom is 0.275 e. The Balaban J connectivity index is 0.00000544. The number of nitrogens with one attached hydrogen (secondary N) is 1. The molecule has 1 aromatic carbocycles. The summed E-state index contributed by atoms with van der Waals surface area (Å²) in [5.41, 5.74) is 18.9. The second-order valence-corrected chi connectivity index (χ2v) is 7.59. The van der Waals surface area contributed by atoms with Gasteiger partial charge in [0.05, 0.1) is 0 Å². The number of nitrogens with zero attached hydrogens (tertiary/aromatic N) is 3. The highest BCUT2D eigenvalue weighted by molar-refractivity contribution is 6.45. The molecule has 1 aromatic rings. The van der Waals surface area contributed by atoms with Gasteiger partial charge in [-0.05, 0) is 37.6 Å². The van der Waals surface area contributed by atoms with Crippen LogP contribution in [0.4, 0.5) is 5.69 Å². The van der Waals surface area contributed by atoms with E-state index in [4.69, 9.17) is 28.8 Å². The van der Waals surface area contributed by atoms with Crippen molar-refractivity contribution in [3.05, 3.63) is 40.8 Å². The number of anilines is 1. The number of carbonyl (C=O) groups excluding carboxylic acids is 3. The molecule has 12 heteroatoms. The molecule has 1 heterocycles. The first-order chi connectivity index (χ1) is 15.1. The summed E-state index contributed by atoms with van der Waals surface area (Å²) in [7, 11) is 0. The Morgan fingerprint density at radius 1 is 1.21 bits per heavy atom. The quantitative estimate of drug-likeness (QED) is 0.132. The standard InChI is InChI=1S/C21H28ClN7O3.ClH/c1-3-4-11-26-21(25)28-20(32)16-18(23)29(19(24)17(22)27-16)14-8-6-13(7-9-14)15(31)10-5-12(2)30;/h6-9,18H,3-5,10-11,23-24H2,1-2H3,(H3,25,26,28,32);1H. The zero-order chi connectivity index (χ0) is 23.8. The number of ketones is 2. The number of unbranched alkanes of at least 4 members (excludes halogenated alkanes) is 1. The molecule has 10 nitrogen and oxygen atoms in total. The van der Waals surface area contributed by atoms with Gasteiger partial charge in [0.2, 0.25) is 0 Å². The second kappa shape index (κ2) is 12.9. The van der Waals surface area contributed by atoms with Gasteiger partial charge in [0.15, 0.2) is 16.9 Å². The molecular weight excluding hydrogens is 469 g/mol. The van der Waals surface area contributed by atoms with Crippen LogP contribution in [-0.2, 0) is 9.59 Å². The minimum absolute atomic E-state index is 0. The first-order valence-electron chi connectivity index (χ1n) is 10.2. The minimum atomic E-state index is -1.06. The van der Waals surface area contributed by atoms with Crippen LogP contribution >= 0.6 is 24.0 Å². The lowest BCUT2D eigenvalue weighted by Crippen LogP contribution is -2.57. The van der Waals surface area contributed by atoms with Crippen molar-refractivity contribution in [1.82, 2.24) is 5.32 Å². The number of hydrogen-bond acceptors (Lipinski definition) is 8. The number of Topliss-reactive ketones (excluding diaryl/α,β-unsaturated/α-hetero) is 2. The van der Waals surface area contributed by atoms with Crippen molar-refractivity contribution in [2.24, 2.45) is 27.2 Å². The van der Waals surface area contributed by atoms with Gasteiger partial charge in [-0.1, -0.05) is 24.9 Å². The lowest BCUT2D eigenvalue weighted by molar-refractivity contribution is -0.117. The van der Waals surface area contributed by atoms with Crippen molar-refractivity contribution in [1.29, 1.82) is 0 Å². The van der Waals surface area contributed by atoms with Crippen LogP contribution < -0.4 is 27.4 Å². The fourth-order valence-electron chi connectivity index (χ4n) is 2.90. The molecule has 0 spiro atoms. The number of halogens is 2. The zero-order valence-electron chi connectivity index (χ0n) is 18.5. The first-order valence-corrected chi connectivity index (χ1v) is 10.6. The molecule has 1 amide bonds. The third kappa shape index (κ3) is 7.55. The molecule has 1 aliphatic heterocycles. The van der Waals surface area contributed by atoms with Crippen molar-refractivity contribution in [2.75, 3.05) is 11.4 Å². The molecule has 1 atom stereocenters. The lowest BCUT2D eigenvalue weighted by Gasteiger charge is -2.34. The molecular formula is C21H29Cl2N7O3. The topological polar surface area (TPSA) is 169 Å². The van der Waals surface area contributed by atoms with Crippen LogP contribution in [0.25, 0.3) is 0 Å².